The number of imidazole rings is 1. The number of benzene rings is 1. The third-order valence-electron chi connectivity index (χ3n) is 3.62. The summed E-state index contributed by atoms with van der Waals surface area (Å²) in [4.78, 5) is 4.05. The molecule has 2 aromatic rings. The molecule has 1 heterocycles. The summed E-state index contributed by atoms with van der Waals surface area (Å²) < 4.78 is 1.99. The molecule has 0 aliphatic carbocycles. The van der Waals surface area contributed by atoms with E-state index in [-0.39, 0.29) is 6.61 Å². The monoisotopic (exact) mass is 273 g/mol. The second-order valence-electron chi connectivity index (χ2n) is 5.05. The molecule has 1 aromatic heterocycles. The first-order chi connectivity index (χ1) is 9.83. The Morgan fingerprint density at radius 1 is 1.30 bits per heavy atom. The molecule has 0 aliphatic heterocycles. The van der Waals surface area contributed by atoms with Crippen LogP contribution in [0.2, 0.25) is 0 Å². The molecule has 0 aliphatic rings. The standard InChI is InChI=1S/C16H23N3O/c1-2-14(7-10-20)11-18-12-15-3-5-16(6-4-15)19-9-8-17-13-19/h3-6,8-9,13-14,18,20H,2,7,10-12H2,1H3. The maximum absolute atomic E-state index is 8.97. The lowest BCUT2D eigenvalue weighted by atomic mass is 10.0. The third-order valence-corrected chi connectivity index (χ3v) is 3.62. The lowest BCUT2D eigenvalue weighted by Gasteiger charge is -2.14. The first-order valence-corrected chi connectivity index (χ1v) is 7.22. The van der Waals surface area contributed by atoms with E-state index in [0.29, 0.717) is 5.92 Å². The van der Waals surface area contributed by atoms with Crippen LogP contribution in [0.25, 0.3) is 5.69 Å². The van der Waals surface area contributed by atoms with Crippen LogP contribution >= 0.6 is 0 Å². The van der Waals surface area contributed by atoms with Crippen LogP contribution in [0.4, 0.5) is 0 Å². The summed E-state index contributed by atoms with van der Waals surface area (Å²) in [5, 5.41) is 12.4. The fourth-order valence-corrected chi connectivity index (χ4v) is 2.25. The van der Waals surface area contributed by atoms with E-state index in [4.69, 9.17) is 5.11 Å². The van der Waals surface area contributed by atoms with E-state index in [0.717, 1.165) is 31.6 Å². The molecule has 1 unspecified atom stereocenters. The topological polar surface area (TPSA) is 50.1 Å². The molecular formula is C16H23N3O. The fraction of sp³-hybridized carbons (Fsp3) is 0.438. The lowest BCUT2D eigenvalue weighted by molar-refractivity contribution is 0.251. The van der Waals surface area contributed by atoms with Gasteiger partial charge in [-0.2, -0.15) is 0 Å². The zero-order valence-corrected chi connectivity index (χ0v) is 12.0. The molecule has 108 valence electrons. The zero-order chi connectivity index (χ0) is 14.2. The molecule has 20 heavy (non-hydrogen) atoms. The summed E-state index contributed by atoms with van der Waals surface area (Å²) in [6.45, 7) is 4.27. The van der Waals surface area contributed by atoms with Crippen LogP contribution in [0.3, 0.4) is 0 Å². The molecule has 2 N–H and O–H groups in total. The molecule has 0 saturated heterocycles. The largest absolute Gasteiger partial charge is 0.396 e. The van der Waals surface area contributed by atoms with Crippen molar-refractivity contribution in [2.45, 2.75) is 26.3 Å². The molecule has 0 bridgehead atoms. The minimum absolute atomic E-state index is 0.278. The Balaban J connectivity index is 1.82. The first kappa shape index (κ1) is 14.8. The van der Waals surface area contributed by atoms with Gasteiger partial charge in [0, 0.05) is 31.2 Å². The minimum atomic E-state index is 0.278. The van der Waals surface area contributed by atoms with Crippen molar-refractivity contribution in [3.05, 3.63) is 48.5 Å². The lowest BCUT2D eigenvalue weighted by Crippen LogP contribution is -2.22. The van der Waals surface area contributed by atoms with Crippen molar-refractivity contribution in [1.82, 2.24) is 14.9 Å². The van der Waals surface area contributed by atoms with Crippen LogP contribution in [-0.4, -0.2) is 27.8 Å². The summed E-state index contributed by atoms with van der Waals surface area (Å²) in [5.74, 6) is 0.560. The number of aromatic nitrogens is 2. The molecule has 2 rings (SSSR count). The van der Waals surface area contributed by atoms with E-state index >= 15 is 0 Å². The second-order valence-corrected chi connectivity index (χ2v) is 5.05. The Morgan fingerprint density at radius 3 is 2.70 bits per heavy atom. The van der Waals surface area contributed by atoms with Crippen LogP contribution in [-0.2, 0) is 6.54 Å². The number of nitrogens with zero attached hydrogens (tertiary/aromatic N) is 2. The summed E-state index contributed by atoms with van der Waals surface area (Å²) in [6, 6.07) is 8.47. The van der Waals surface area contributed by atoms with Crippen molar-refractivity contribution in [3.8, 4) is 5.69 Å². The normalized spacial score (nSPS) is 12.5. The second kappa shape index (κ2) is 7.82. The molecule has 0 radical (unpaired) electrons. The molecular weight excluding hydrogens is 250 g/mol. The highest BCUT2D eigenvalue weighted by atomic mass is 16.3. The highest BCUT2D eigenvalue weighted by Gasteiger charge is 2.04. The van der Waals surface area contributed by atoms with Gasteiger partial charge in [0.2, 0.25) is 0 Å². The Kier molecular flexibility index (Phi) is 5.77. The van der Waals surface area contributed by atoms with Crippen molar-refractivity contribution in [3.63, 3.8) is 0 Å². The van der Waals surface area contributed by atoms with Crippen LogP contribution in [0.5, 0.6) is 0 Å². The Bertz CT molecular complexity index is 479. The maximum atomic E-state index is 8.97. The summed E-state index contributed by atoms with van der Waals surface area (Å²) >= 11 is 0. The van der Waals surface area contributed by atoms with Crippen LogP contribution in [0.1, 0.15) is 25.3 Å². The smallest absolute Gasteiger partial charge is 0.0991 e. The number of nitrogens with one attached hydrogen (secondary N) is 1. The van der Waals surface area contributed by atoms with Crippen LogP contribution in [0, 0.1) is 5.92 Å². The average Bonchev–Trinajstić information content (AvgIpc) is 3.01. The number of hydrogen-bond acceptors (Lipinski definition) is 3. The van der Waals surface area contributed by atoms with E-state index in [1.807, 2.05) is 10.8 Å². The molecule has 4 heteroatoms. The SMILES string of the molecule is CCC(CCO)CNCc1ccc(-n2ccnc2)cc1. The van der Waals surface area contributed by atoms with E-state index in [2.05, 4.69) is 41.5 Å². The molecule has 1 aromatic carbocycles. The van der Waals surface area contributed by atoms with Gasteiger partial charge in [-0.15, -0.1) is 0 Å². The predicted molar refractivity (Wildman–Crippen MR) is 80.8 cm³/mol. The zero-order valence-electron chi connectivity index (χ0n) is 12.0. The average molecular weight is 273 g/mol. The van der Waals surface area contributed by atoms with Gasteiger partial charge in [0.1, 0.15) is 0 Å². The Labute approximate surface area is 120 Å². The number of aliphatic hydroxyl groups is 1. The molecule has 0 fully saturated rings. The van der Waals surface area contributed by atoms with Crippen molar-refractivity contribution >= 4 is 0 Å². The predicted octanol–water partition coefficient (Wildman–Crippen LogP) is 2.37. The van der Waals surface area contributed by atoms with Gasteiger partial charge in [0.05, 0.1) is 6.33 Å². The third kappa shape index (κ3) is 4.18. The number of aliphatic hydroxyl groups excluding tert-OH is 1. The van der Waals surface area contributed by atoms with E-state index < -0.39 is 0 Å². The number of hydrogen-bond donors (Lipinski definition) is 2. The molecule has 1 atom stereocenters. The highest BCUT2D eigenvalue weighted by Crippen LogP contribution is 2.10. The summed E-state index contributed by atoms with van der Waals surface area (Å²) in [5.41, 5.74) is 2.39. The minimum Gasteiger partial charge on any atom is -0.396 e. The van der Waals surface area contributed by atoms with Crippen molar-refractivity contribution < 1.29 is 5.11 Å². The van der Waals surface area contributed by atoms with Gasteiger partial charge >= 0.3 is 0 Å². The van der Waals surface area contributed by atoms with Gasteiger partial charge in [0.15, 0.2) is 0 Å². The van der Waals surface area contributed by atoms with Gasteiger partial charge in [0.25, 0.3) is 0 Å². The van der Waals surface area contributed by atoms with E-state index in [9.17, 15) is 0 Å². The van der Waals surface area contributed by atoms with Gasteiger partial charge in [-0.05, 0) is 36.6 Å². The highest BCUT2D eigenvalue weighted by molar-refractivity contribution is 5.34. The molecule has 0 spiro atoms. The van der Waals surface area contributed by atoms with Gasteiger partial charge in [-0.25, -0.2) is 4.98 Å². The van der Waals surface area contributed by atoms with Crippen molar-refractivity contribution in [2.75, 3.05) is 13.2 Å². The quantitative estimate of drug-likeness (QED) is 0.776. The fourth-order valence-electron chi connectivity index (χ4n) is 2.25. The summed E-state index contributed by atoms with van der Waals surface area (Å²) in [7, 11) is 0. The number of rotatable bonds is 8. The van der Waals surface area contributed by atoms with E-state index in [1.165, 1.54) is 5.56 Å². The van der Waals surface area contributed by atoms with Gasteiger partial charge in [-0.3, -0.25) is 0 Å². The molecule has 0 amide bonds. The van der Waals surface area contributed by atoms with Gasteiger partial charge < -0.3 is 15.0 Å². The van der Waals surface area contributed by atoms with Gasteiger partial charge in [-0.1, -0.05) is 25.5 Å². The van der Waals surface area contributed by atoms with E-state index in [1.54, 1.807) is 12.5 Å². The Morgan fingerprint density at radius 2 is 2.10 bits per heavy atom. The Hall–Kier alpha value is -1.65. The first-order valence-electron chi connectivity index (χ1n) is 7.22. The van der Waals surface area contributed by atoms with Crippen molar-refractivity contribution in [1.29, 1.82) is 0 Å². The molecule has 4 nitrogen and oxygen atoms in total. The maximum Gasteiger partial charge on any atom is 0.0991 e. The molecule has 0 saturated carbocycles. The summed E-state index contributed by atoms with van der Waals surface area (Å²) in [6.07, 6.45) is 7.50. The van der Waals surface area contributed by atoms with Crippen molar-refractivity contribution in [2.24, 2.45) is 5.92 Å². The van der Waals surface area contributed by atoms with Crippen LogP contribution < -0.4 is 5.32 Å². The van der Waals surface area contributed by atoms with Crippen LogP contribution in [0.15, 0.2) is 43.0 Å².